The molecular formula is C9H14O3. The Morgan fingerprint density at radius 2 is 2.25 bits per heavy atom. The van der Waals surface area contributed by atoms with Crippen LogP contribution in [0.3, 0.4) is 0 Å². The van der Waals surface area contributed by atoms with Crippen molar-refractivity contribution in [3.63, 3.8) is 0 Å². The van der Waals surface area contributed by atoms with E-state index >= 15 is 0 Å². The average molecular weight is 170 g/mol. The van der Waals surface area contributed by atoms with Gasteiger partial charge in [0.1, 0.15) is 6.29 Å². The average Bonchev–Trinajstić information content (AvgIpc) is 2.82. The predicted molar refractivity (Wildman–Crippen MR) is 43.6 cm³/mol. The minimum atomic E-state index is -0.281. The Labute approximate surface area is 72.1 Å². The summed E-state index contributed by atoms with van der Waals surface area (Å²) in [5.41, 5.74) is -0.281. The third-order valence-electron chi connectivity index (χ3n) is 2.30. The summed E-state index contributed by atoms with van der Waals surface area (Å²) in [5.74, 6) is -0.119. The Morgan fingerprint density at radius 3 is 2.67 bits per heavy atom. The summed E-state index contributed by atoms with van der Waals surface area (Å²) in [5, 5.41) is 0. The summed E-state index contributed by atoms with van der Waals surface area (Å²) in [6.45, 7) is 2.23. The van der Waals surface area contributed by atoms with E-state index in [0.717, 1.165) is 19.1 Å². The molecule has 0 heterocycles. The van der Waals surface area contributed by atoms with Crippen LogP contribution in [-0.4, -0.2) is 18.9 Å². The molecule has 12 heavy (non-hydrogen) atoms. The van der Waals surface area contributed by atoms with Gasteiger partial charge in [-0.15, -0.1) is 0 Å². The number of aldehydes is 1. The largest absolute Gasteiger partial charge is 0.466 e. The van der Waals surface area contributed by atoms with Crippen molar-refractivity contribution in [2.24, 2.45) is 5.41 Å². The fraction of sp³-hybridized carbons (Fsp3) is 0.778. The van der Waals surface area contributed by atoms with Crippen molar-refractivity contribution in [3.8, 4) is 0 Å². The lowest BCUT2D eigenvalue weighted by Crippen LogP contribution is -2.19. The van der Waals surface area contributed by atoms with Crippen LogP contribution in [0, 0.1) is 5.41 Å². The van der Waals surface area contributed by atoms with Crippen LogP contribution in [0.5, 0.6) is 0 Å². The van der Waals surface area contributed by atoms with E-state index in [1.807, 2.05) is 0 Å². The van der Waals surface area contributed by atoms with Gasteiger partial charge in [-0.1, -0.05) is 0 Å². The zero-order valence-electron chi connectivity index (χ0n) is 7.34. The van der Waals surface area contributed by atoms with Crippen LogP contribution in [-0.2, 0) is 14.3 Å². The highest BCUT2D eigenvalue weighted by molar-refractivity contribution is 5.80. The van der Waals surface area contributed by atoms with Crippen molar-refractivity contribution < 1.29 is 14.3 Å². The second kappa shape index (κ2) is 3.70. The molecular weight excluding hydrogens is 156 g/mol. The van der Waals surface area contributed by atoms with Gasteiger partial charge in [-0.25, -0.2) is 0 Å². The van der Waals surface area contributed by atoms with Gasteiger partial charge in [-0.2, -0.15) is 0 Å². The van der Waals surface area contributed by atoms with Gasteiger partial charge < -0.3 is 9.53 Å². The Morgan fingerprint density at radius 1 is 1.58 bits per heavy atom. The Balaban J connectivity index is 2.37. The topological polar surface area (TPSA) is 43.4 Å². The first-order valence-electron chi connectivity index (χ1n) is 4.36. The van der Waals surface area contributed by atoms with E-state index in [2.05, 4.69) is 0 Å². The molecule has 0 aromatic heterocycles. The van der Waals surface area contributed by atoms with Crippen LogP contribution >= 0.6 is 0 Å². The Kier molecular flexibility index (Phi) is 2.84. The lowest BCUT2D eigenvalue weighted by molar-refractivity contribution is -0.150. The fourth-order valence-electron chi connectivity index (χ4n) is 1.33. The summed E-state index contributed by atoms with van der Waals surface area (Å²) in [6.07, 6.45) is 3.77. The van der Waals surface area contributed by atoms with Gasteiger partial charge in [0, 0.05) is 6.42 Å². The quantitative estimate of drug-likeness (QED) is 0.461. The van der Waals surface area contributed by atoms with Gasteiger partial charge in [0.25, 0.3) is 0 Å². The van der Waals surface area contributed by atoms with Gasteiger partial charge in [0.05, 0.1) is 12.0 Å². The highest BCUT2D eigenvalue weighted by atomic mass is 16.5. The van der Waals surface area contributed by atoms with Gasteiger partial charge in [-0.05, 0) is 26.2 Å². The van der Waals surface area contributed by atoms with Crippen LogP contribution in [0.1, 0.15) is 32.6 Å². The number of hydrogen-bond acceptors (Lipinski definition) is 3. The van der Waals surface area contributed by atoms with Gasteiger partial charge in [0.2, 0.25) is 0 Å². The molecule has 0 unspecified atom stereocenters. The molecule has 0 radical (unpaired) electrons. The van der Waals surface area contributed by atoms with Crippen molar-refractivity contribution in [2.45, 2.75) is 32.6 Å². The second-order valence-corrected chi connectivity index (χ2v) is 3.21. The normalized spacial score (nSPS) is 18.4. The van der Waals surface area contributed by atoms with Gasteiger partial charge in [0.15, 0.2) is 0 Å². The maximum absolute atomic E-state index is 11.3. The number of rotatable bonds is 5. The molecule has 1 aliphatic rings. The van der Waals surface area contributed by atoms with E-state index in [0.29, 0.717) is 19.4 Å². The third kappa shape index (κ3) is 1.84. The summed E-state index contributed by atoms with van der Waals surface area (Å²) < 4.78 is 4.91. The van der Waals surface area contributed by atoms with Gasteiger partial charge >= 0.3 is 5.97 Å². The summed E-state index contributed by atoms with van der Waals surface area (Å²) in [7, 11) is 0. The first kappa shape index (κ1) is 9.23. The molecule has 0 spiro atoms. The molecule has 0 bridgehead atoms. The Bertz CT molecular complexity index is 182. The minimum Gasteiger partial charge on any atom is -0.466 e. The smallest absolute Gasteiger partial charge is 0.312 e. The van der Waals surface area contributed by atoms with Crippen LogP contribution < -0.4 is 0 Å². The summed E-state index contributed by atoms with van der Waals surface area (Å²) in [4.78, 5) is 21.4. The SMILES string of the molecule is CCOC(=O)C1(CCC=O)CC1. The van der Waals surface area contributed by atoms with Crippen molar-refractivity contribution in [1.82, 2.24) is 0 Å². The lowest BCUT2D eigenvalue weighted by Gasteiger charge is -2.10. The number of carbonyl (C=O) groups excluding carboxylic acids is 2. The molecule has 1 fully saturated rings. The molecule has 0 aliphatic heterocycles. The summed E-state index contributed by atoms with van der Waals surface area (Å²) in [6, 6.07) is 0. The van der Waals surface area contributed by atoms with E-state index < -0.39 is 0 Å². The van der Waals surface area contributed by atoms with E-state index in [1.54, 1.807) is 6.92 Å². The molecule has 0 saturated heterocycles. The van der Waals surface area contributed by atoms with Crippen LogP contribution in [0.25, 0.3) is 0 Å². The van der Waals surface area contributed by atoms with Crippen LogP contribution in [0.2, 0.25) is 0 Å². The van der Waals surface area contributed by atoms with Crippen molar-refractivity contribution in [1.29, 1.82) is 0 Å². The molecule has 3 heteroatoms. The van der Waals surface area contributed by atoms with Crippen LogP contribution in [0.4, 0.5) is 0 Å². The Hall–Kier alpha value is -0.860. The number of hydrogen-bond donors (Lipinski definition) is 0. The maximum atomic E-state index is 11.3. The molecule has 0 atom stereocenters. The van der Waals surface area contributed by atoms with E-state index in [9.17, 15) is 9.59 Å². The third-order valence-corrected chi connectivity index (χ3v) is 2.30. The first-order chi connectivity index (χ1) is 5.75. The van der Waals surface area contributed by atoms with E-state index in [-0.39, 0.29) is 11.4 Å². The molecule has 1 rings (SSSR count). The number of esters is 1. The predicted octanol–water partition coefficient (Wildman–Crippen LogP) is 1.31. The standard InChI is InChI=1S/C9H14O3/c1-2-12-8(11)9(5-6-9)4-3-7-10/h7H,2-6H2,1H3. The molecule has 0 N–H and O–H groups in total. The van der Waals surface area contributed by atoms with Crippen molar-refractivity contribution in [3.05, 3.63) is 0 Å². The van der Waals surface area contributed by atoms with Crippen LogP contribution in [0.15, 0.2) is 0 Å². The molecule has 1 saturated carbocycles. The zero-order chi connectivity index (χ0) is 9.03. The maximum Gasteiger partial charge on any atom is 0.312 e. The lowest BCUT2D eigenvalue weighted by atomic mass is 10.0. The van der Waals surface area contributed by atoms with E-state index in [1.165, 1.54) is 0 Å². The molecule has 3 nitrogen and oxygen atoms in total. The number of carbonyl (C=O) groups is 2. The molecule has 1 aliphatic carbocycles. The van der Waals surface area contributed by atoms with Crippen molar-refractivity contribution >= 4 is 12.3 Å². The molecule has 0 aromatic rings. The highest BCUT2D eigenvalue weighted by Gasteiger charge is 2.50. The number of ether oxygens (including phenoxy) is 1. The summed E-state index contributed by atoms with van der Waals surface area (Å²) >= 11 is 0. The first-order valence-corrected chi connectivity index (χ1v) is 4.36. The fourth-order valence-corrected chi connectivity index (χ4v) is 1.33. The molecule has 68 valence electrons. The monoisotopic (exact) mass is 170 g/mol. The van der Waals surface area contributed by atoms with Crippen molar-refractivity contribution in [2.75, 3.05) is 6.61 Å². The molecule has 0 aromatic carbocycles. The highest BCUT2D eigenvalue weighted by Crippen LogP contribution is 2.50. The second-order valence-electron chi connectivity index (χ2n) is 3.21. The zero-order valence-corrected chi connectivity index (χ0v) is 7.34. The molecule has 0 amide bonds. The van der Waals surface area contributed by atoms with E-state index in [4.69, 9.17) is 4.74 Å². The minimum absolute atomic E-state index is 0.119. The van der Waals surface area contributed by atoms with Gasteiger partial charge in [-0.3, -0.25) is 4.79 Å².